The fraction of sp³-hybridized carbons (Fsp3) is 0.706. The maximum Gasteiger partial charge on any atom is 0.0403 e. The predicted octanol–water partition coefficient (Wildman–Crippen LogP) is 3.99. The molecule has 1 aromatic rings. The van der Waals surface area contributed by atoms with E-state index in [4.69, 9.17) is 0 Å². The van der Waals surface area contributed by atoms with Crippen LogP contribution in [0, 0.1) is 5.92 Å². The molecule has 0 aliphatic carbocycles. The monoisotopic (exact) mass is 262 g/mol. The lowest BCUT2D eigenvalue weighted by Gasteiger charge is -2.22. The molecule has 0 saturated carbocycles. The van der Waals surface area contributed by atoms with Crippen LogP contribution in [0.5, 0.6) is 0 Å². The quantitative estimate of drug-likeness (QED) is 0.728. The third-order valence-electron chi connectivity index (χ3n) is 3.70. The van der Waals surface area contributed by atoms with Crippen molar-refractivity contribution < 1.29 is 0 Å². The molecule has 19 heavy (non-hydrogen) atoms. The first-order chi connectivity index (χ1) is 9.17. The second-order valence-corrected chi connectivity index (χ2v) is 5.71. The highest BCUT2D eigenvalue weighted by Gasteiger charge is 2.11. The van der Waals surface area contributed by atoms with Crippen molar-refractivity contribution in [2.45, 2.75) is 65.8 Å². The minimum absolute atomic E-state index is 0.648. The van der Waals surface area contributed by atoms with Gasteiger partial charge in [-0.3, -0.25) is 4.98 Å². The van der Waals surface area contributed by atoms with Crippen LogP contribution in [0.25, 0.3) is 0 Å². The smallest absolute Gasteiger partial charge is 0.0403 e. The molecule has 2 heteroatoms. The Balaban J connectivity index is 2.33. The van der Waals surface area contributed by atoms with Gasteiger partial charge in [0.1, 0.15) is 0 Å². The zero-order valence-electron chi connectivity index (χ0n) is 13.1. The molecule has 0 aliphatic heterocycles. The average molecular weight is 262 g/mol. The first-order valence-electron chi connectivity index (χ1n) is 7.84. The highest BCUT2D eigenvalue weighted by Crippen LogP contribution is 2.11. The van der Waals surface area contributed by atoms with Gasteiger partial charge in [0.2, 0.25) is 0 Å². The van der Waals surface area contributed by atoms with Gasteiger partial charge in [-0.1, -0.05) is 33.8 Å². The van der Waals surface area contributed by atoms with Gasteiger partial charge in [0, 0.05) is 17.9 Å². The molecule has 0 radical (unpaired) electrons. The Labute approximate surface area is 119 Å². The molecule has 0 bridgehead atoms. The third-order valence-corrected chi connectivity index (χ3v) is 3.70. The molecule has 1 N–H and O–H groups in total. The number of nitrogens with zero attached hydrogens (tertiary/aromatic N) is 1. The van der Waals surface area contributed by atoms with E-state index in [0.29, 0.717) is 12.0 Å². The normalized spacial score (nSPS) is 12.9. The second-order valence-electron chi connectivity index (χ2n) is 5.71. The second kappa shape index (κ2) is 9.08. The van der Waals surface area contributed by atoms with E-state index in [1.54, 1.807) is 0 Å². The van der Waals surface area contributed by atoms with Crippen molar-refractivity contribution in [1.29, 1.82) is 0 Å². The standard InChI is InChI=1S/C17H30N2/c1-5-12-18-17(14(3)4)9-7-8-16-11-10-15(6-2)13-19-16/h10-11,13-14,17-18H,5-9,12H2,1-4H3. The Kier molecular flexibility index (Phi) is 7.73. The molecule has 0 fully saturated rings. The topological polar surface area (TPSA) is 24.9 Å². The van der Waals surface area contributed by atoms with Crippen LogP contribution in [-0.2, 0) is 12.8 Å². The minimum Gasteiger partial charge on any atom is -0.314 e. The summed E-state index contributed by atoms with van der Waals surface area (Å²) in [4.78, 5) is 4.53. The third kappa shape index (κ3) is 6.20. The molecular formula is C17H30N2. The van der Waals surface area contributed by atoms with Gasteiger partial charge in [0.05, 0.1) is 0 Å². The van der Waals surface area contributed by atoms with Crippen molar-refractivity contribution in [2.75, 3.05) is 6.54 Å². The summed E-state index contributed by atoms with van der Waals surface area (Å²) in [5.74, 6) is 0.710. The summed E-state index contributed by atoms with van der Waals surface area (Å²) in [6.07, 6.45) is 7.87. The fourth-order valence-electron chi connectivity index (χ4n) is 2.32. The SMILES string of the molecule is CCCNC(CCCc1ccc(CC)cn1)C(C)C. The highest BCUT2D eigenvalue weighted by molar-refractivity contribution is 5.13. The Morgan fingerprint density at radius 3 is 2.53 bits per heavy atom. The molecule has 108 valence electrons. The summed E-state index contributed by atoms with van der Waals surface area (Å²) in [6.45, 7) is 10.1. The van der Waals surface area contributed by atoms with Gasteiger partial charge in [0.15, 0.2) is 0 Å². The van der Waals surface area contributed by atoms with Crippen molar-refractivity contribution >= 4 is 0 Å². The molecule has 2 nitrogen and oxygen atoms in total. The summed E-state index contributed by atoms with van der Waals surface area (Å²) < 4.78 is 0. The van der Waals surface area contributed by atoms with E-state index in [2.05, 4.69) is 50.1 Å². The van der Waals surface area contributed by atoms with E-state index in [1.807, 2.05) is 6.20 Å². The van der Waals surface area contributed by atoms with Gasteiger partial charge >= 0.3 is 0 Å². The van der Waals surface area contributed by atoms with Gasteiger partial charge in [-0.2, -0.15) is 0 Å². The van der Waals surface area contributed by atoms with Crippen molar-refractivity contribution in [2.24, 2.45) is 5.92 Å². The molecule has 1 rings (SSSR count). The Morgan fingerprint density at radius 2 is 2.00 bits per heavy atom. The Morgan fingerprint density at radius 1 is 1.21 bits per heavy atom. The lowest BCUT2D eigenvalue weighted by Crippen LogP contribution is -2.34. The number of aryl methyl sites for hydroxylation is 2. The van der Waals surface area contributed by atoms with E-state index >= 15 is 0 Å². The van der Waals surface area contributed by atoms with Gasteiger partial charge in [-0.15, -0.1) is 0 Å². The highest BCUT2D eigenvalue weighted by atomic mass is 14.9. The molecule has 1 aromatic heterocycles. The van der Waals surface area contributed by atoms with E-state index in [0.717, 1.165) is 19.4 Å². The number of hydrogen-bond donors (Lipinski definition) is 1. The molecule has 0 aromatic carbocycles. The predicted molar refractivity (Wildman–Crippen MR) is 83.5 cm³/mol. The first-order valence-corrected chi connectivity index (χ1v) is 7.84. The number of hydrogen-bond acceptors (Lipinski definition) is 2. The van der Waals surface area contributed by atoms with E-state index in [9.17, 15) is 0 Å². The summed E-state index contributed by atoms with van der Waals surface area (Å²) in [6, 6.07) is 5.04. The molecule has 0 spiro atoms. The number of rotatable bonds is 9. The first kappa shape index (κ1) is 16.2. The minimum atomic E-state index is 0.648. The van der Waals surface area contributed by atoms with Crippen LogP contribution < -0.4 is 5.32 Å². The summed E-state index contributed by atoms with van der Waals surface area (Å²) in [5, 5.41) is 3.65. The Bertz CT molecular complexity index is 330. The number of aromatic nitrogens is 1. The number of pyridine rings is 1. The summed E-state index contributed by atoms with van der Waals surface area (Å²) in [5.41, 5.74) is 2.56. The molecule has 0 saturated heterocycles. The number of nitrogens with one attached hydrogen (secondary N) is 1. The molecule has 1 atom stereocenters. The maximum atomic E-state index is 4.53. The lowest BCUT2D eigenvalue weighted by atomic mass is 9.97. The summed E-state index contributed by atoms with van der Waals surface area (Å²) >= 11 is 0. The molecule has 0 amide bonds. The van der Waals surface area contributed by atoms with Crippen molar-refractivity contribution in [3.63, 3.8) is 0 Å². The largest absolute Gasteiger partial charge is 0.314 e. The maximum absolute atomic E-state index is 4.53. The van der Waals surface area contributed by atoms with Crippen molar-refractivity contribution in [3.8, 4) is 0 Å². The van der Waals surface area contributed by atoms with Crippen LogP contribution in [0.4, 0.5) is 0 Å². The van der Waals surface area contributed by atoms with Crippen LogP contribution in [0.3, 0.4) is 0 Å². The van der Waals surface area contributed by atoms with Gasteiger partial charge in [0.25, 0.3) is 0 Å². The van der Waals surface area contributed by atoms with Crippen LogP contribution in [-0.4, -0.2) is 17.6 Å². The fourth-order valence-corrected chi connectivity index (χ4v) is 2.32. The van der Waals surface area contributed by atoms with Crippen LogP contribution >= 0.6 is 0 Å². The summed E-state index contributed by atoms with van der Waals surface area (Å²) in [7, 11) is 0. The molecular weight excluding hydrogens is 232 g/mol. The van der Waals surface area contributed by atoms with E-state index in [1.165, 1.54) is 30.5 Å². The Hall–Kier alpha value is -0.890. The average Bonchev–Trinajstić information content (AvgIpc) is 2.43. The van der Waals surface area contributed by atoms with Crippen LogP contribution in [0.2, 0.25) is 0 Å². The van der Waals surface area contributed by atoms with Crippen LogP contribution in [0.1, 0.15) is 58.2 Å². The van der Waals surface area contributed by atoms with Crippen molar-refractivity contribution in [1.82, 2.24) is 10.3 Å². The molecule has 0 aliphatic rings. The van der Waals surface area contributed by atoms with Crippen LogP contribution in [0.15, 0.2) is 18.3 Å². The van der Waals surface area contributed by atoms with E-state index in [-0.39, 0.29) is 0 Å². The van der Waals surface area contributed by atoms with Gasteiger partial charge < -0.3 is 5.32 Å². The molecule has 1 unspecified atom stereocenters. The van der Waals surface area contributed by atoms with Gasteiger partial charge in [-0.05, 0) is 56.2 Å². The van der Waals surface area contributed by atoms with Gasteiger partial charge in [-0.25, -0.2) is 0 Å². The zero-order valence-corrected chi connectivity index (χ0v) is 13.1. The lowest BCUT2D eigenvalue weighted by molar-refractivity contribution is 0.370. The molecule has 1 heterocycles. The zero-order chi connectivity index (χ0) is 14.1. The van der Waals surface area contributed by atoms with E-state index < -0.39 is 0 Å². The van der Waals surface area contributed by atoms with Crippen molar-refractivity contribution in [3.05, 3.63) is 29.6 Å².